The lowest BCUT2D eigenvalue weighted by atomic mass is 9.90. The Kier molecular flexibility index (Phi) is 10.7. The van der Waals surface area contributed by atoms with Gasteiger partial charge in [-0.3, -0.25) is 9.69 Å². The van der Waals surface area contributed by atoms with Gasteiger partial charge in [0.1, 0.15) is 11.9 Å². The number of likely N-dealkylation sites (tertiary alicyclic amines) is 1. The van der Waals surface area contributed by atoms with Crippen LogP contribution in [0.4, 0.5) is 5.69 Å². The molecule has 0 radical (unpaired) electrons. The first-order chi connectivity index (χ1) is 20.2. The van der Waals surface area contributed by atoms with E-state index in [4.69, 9.17) is 24.5 Å². The van der Waals surface area contributed by atoms with Crippen molar-refractivity contribution in [1.82, 2.24) is 4.90 Å². The van der Waals surface area contributed by atoms with Crippen molar-refractivity contribution in [2.45, 2.75) is 57.9 Å². The minimum Gasteiger partial charge on any atom is -0.473 e. The van der Waals surface area contributed by atoms with Gasteiger partial charge < -0.3 is 25.0 Å². The number of anilines is 1. The zero-order valence-electron chi connectivity index (χ0n) is 23.8. The fraction of sp³-hybridized carbons (Fsp3) is 0.364. The Labute approximate surface area is 246 Å². The van der Waals surface area contributed by atoms with Gasteiger partial charge in [-0.15, -0.1) is 0 Å². The molecule has 3 aromatic carbocycles. The third kappa shape index (κ3) is 8.18. The molecule has 2 heterocycles. The molecule has 0 bridgehead atoms. The van der Waals surface area contributed by atoms with E-state index in [1.54, 1.807) is 6.92 Å². The molecule has 2 aliphatic rings. The van der Waals surface area contributed by atoms with E-state index in [0.29, 0.717) is 25.3 Å². The van der Waals surface area contributed by atoms with Crippen LogP contribution in [0, 0.1) is 5.92 Å². The number of aliphatic hydroxyl groups is 1. The Morgan fingerprint density at radius 3 is 2.02 bits per heavy atom. The van der Waals surface area contributed by atoms with Crippen molar-refractivity contribution >= 4 is 23.5 Å². The van der Waals surface area contributed by atoms with E-state index in [1.165, 1.54) is 5.56 Å². The molecule has 2 aliphatic heterocycles. The highest BCUT2D eigenvalue weighted by atomic mass is 16.5. The summed E-state index contributed by atoms with van der Waals surface area (Å²) < 4.78 is 6.54. The van der Waals surface area contributed by atoms with Crippen LogP contribution >= 0.6 is 0 Å². The van der Waals surface area contributed by atoms with Crippen LogP contribution in [-0.4, -0.2) is 63.5 Å². The summed E-state index contributed by atoms with van der Waals surface area (Å²) in [6, 6.07) is 26.7. The maximum atomic E-state index is 12.8. The summed E-state index contributed by atoms with van der Waals surface area (Å²) in [5.41, 5.74) is 4.46. The van der Waals surface area contributed by atoms with Gasteiger partial charge in [-0.25, -0.2) is 9.59 Å². The predicted octanol–water partition coefficient (Wildman–Crippen LogP) is 4.36. The zero-order valence-corrected chi connectivity index (χ0v) is 23.8. The Morgan fingerprint density at radius 2 is 1.45 bits per heavy atom. The van der Waals surface area contributed by atoms with Gasteiger partial charge in [-0.05, 0) is 61.8 Å². The van der Waals surface area contributed by atoms with Crippen molar-refractivity contribution in [2.75, 3.05) is 18.0 Å². The third-order valence-electron chi connectivity index (χ3n) is 7.69. The molecule has 3 N–H and O–H groups in total. The predicted molar refractivity (Wildman–Crippen MR) is 158 cm³/mol. The van der Waals surface area contributed by atoms with E-state index >= 15 is 0 Å². The molecule has 9 nitrogen and oxygen atoms in total. The van der Waals surface area contributed by atoms with Gasteiger partial charge in [0.05, 0.1) is 12.2 Å². The lowest BCUT2D eigenvalue weighted by Crippen LogP contribution is -2.50. The molecule has 2 atom stereocenters. The number of amides is 1. The molecule has 1 saturated heterocycles. The van der Waals surface area contributed by atoms with Crippen LogP contribution in [0.1, 0.15) is 42.9 Å². The molecule has 1 amide bonds. The van der Waals surface area contributed by atoms with Crippen LogP contribution in [0.5, 0.6) is 5.75 Å². The number of aliphatic carboxylic acids is 2. The van der Waals surface area contributed by atoms with Crippen molar-refractivity contribution in [1.29, 1.82) is 0 Å². The van der Waals surface area contributed by atoms with Gasteiger partial charge in [0.25, 0.3) is 0 Å². The van der Waals surface area contributed by atoms with Crippen molar-refractivity contribution in [3.63, 3.8) is 0 Å². The number of fused-ring (bicyclic) bond motifs is 1. The van der Waals surface area contributed by atoms with Crippen LogP contribution in [0.15, 0.2) is 78.9 Å². The maximum absolute atomic E-state index is 12.8. The van der Waals surface area contributed by atoms with Crippen LogP contribution < -0.4 is 9.64 Å². The number of nitrogens with zero attached hydrogens (tertiary/aromatic N) is 2. The van der Waals surface area contributed by atoms with Crippen molar-refractivity contribution < 1.29 is 34.4 Å². The normalized spacial score (nSPS) is 16.9. The number of hydrogen-bond donors (Lipinski definition) is 3. The molecule has 0 saturated carbocycles. The highest BCUT2D eigenvalue weighted by Gasteiger charge is 2.32. The van der Waals surface area contributed by atoms with Gasteiger partial charge in [-0.2, -0.15) is 0 Å². The average Bonchev–Trinajstić information content (AvgIpc) is 2.99. The largest absolute Gasteiger partial charge is 0.473 e. The van der Waals surface area contributed by atoms with Crippen molar-refractivity contribution in [3.8, 4) is 5.75 Å². The van der Waals surface area contributed by atoms with E-state index in [-0.39, 0.29) is 5.91 Å². The summed E-state index contributed by atoms with van der Waals surface area (Å²) in [6.07, 6.45) is 3.37. The Balaban J connectivity index is 0.000000612. The van der Waals surface area contributed by atoms with Crippen LogP contribution in [0.25, 0.3) is 0 Å². The third-order valence-corrected chi connectivity index (χ3v) is 7.69. The minimum atomic E-state index is -1.82. The molecule has 9 heteroatoms. The molecule has 3 aromatic rings. The summed E-state index contributed by atoms with van der Waals surface area (Å²) in [4.78, 5) is 35.2. The van der Waals surface area contributed by atoms with Crippen molar-refractivity contribution in [3.05, 3.63) is 95.6 Å². The SMILES string of the molecule is CC(O)C(Oc1cccc2c1CCC(=O)N2Cc1ccccc1)N1CCC(Cc2ccccc2)CC1.O=C(O)C(=O)O. The molecule has 1 fully saturated rings. The first kappa shape index (κ1) is 30.7. The molecule has 2 unspecified atom stereocenters. The second kappa shape index (κ2) is 14.6. The highest BCUT2D eigenvalue weighted by molar-refractivity contribution is 6.27. The fourth-order valence-electron chi connectivity index (χ4n) is 5.58. The van der Waals surface area contributed by atoms with Crippen LogP contribution in [-0.2, 0) is 33.8 Å². The van der Waals surface area contributed by atoms with Gasteiger partial charge in [-0.1, -0.05) is 66.7 Å². The number of carboxylic acids is 2. The number of carboxylic acid groups (broad SMARTS) is 2. The number of carbonyl (C=O) groups is 3. The average molecular weight is 575 g/mol. The minimum absolute atomic E-state index is 0.135. The van der Waals surface area contributed by atoms with Gasteiger partial charge in [0.15, 0.2) is 6.23 Å². The number of ether oxygens (including phenoxy) is 1. The van der Waals surface area contributed by atoms with Gasteiger partial charge in [0, 0.05) is 25.1 Å². The molecule has 42 heavy (non-hydrogen) atoms. The Morgan fingerprint density at radius 1 is 0.857 bits per heavy atom. The first-order valence-electron chi connectivity index (χ1n) is 14.3. The number of hydrogen-bond acceptors (Lipinski definition) is 6. The Hall–Kier alpha value is -4.21. The summed E-state index contributed by atoms with van der Waals surface area (Å²) >= 11 is 0. The first-order valence-corrected chi connectivity index (χ1v) is 14.3. The van der Waals surface area contributed by atoms with E-state index < -0.39 is 24.3 Å². The second-order valence-corrected chi connectivity index (χ2v) is 10.7. The number of benzene rings is 3. The number of piperidine rings is 1. The second-order valence-electron chi connectivity index (χ2n) is 10.7. The van der Waals surface area contributed by atoms with E-state index in [9.17, 15) is 9.90 Å². The molecule has 0 aliphatic carbocycles. The monoisotopic (exact) mass is 574 g/mol. The summed E-state index contributed by atoms with van der Waals surface area (Å²) in [5, 5.41) is 25.5. The fourth-order valence-corrected chi connectivity index (χ4v) is 5.58. The lowest BCUT2D eigenvalue weighted by molar-refractivity contribution is -0.159. The lowest BCUT2D eigenvalue weighted by Gasteiger charge is -2.39. The smallest absolute Gasteiger partial charge is 0.414 e. The molecular weight excluding hydrogens is 536 g/mol. The maximum Gasteiger partial charge on any atom is 0.414 e. The Bertz CT molecular complexity index is 1330. The zero-order chi connectivity index (χ0) is 30.1. The summed E-state index contributed by atoms with van der Waals surface area (Å²) in [6.45, 7) is 4.16. The standard InChI is InChI=1S/C31H36N2O3.C2H2O4/c1-23(34)31(32-19-17-25(18-20-32)21-24-9-4-2-5-10-24)36-29-14-8-13-28-27(29)15-16-30(35)33(28)22-26-11-6-3-7-12-26;3-1(4)2(5)6/h2-14,23,25,31,34H,15-22H2,1H3;(H,3,4)(H,5,6). The van der Waals surface area contributed by atoms with E-state index in [1.807, 2.05) is 53.4 Å². The highest BCUT2D eigenvalue weighted by Crippen LogP contribution is 2.37. The molecule has 5 rings (SSSR count). The summed E-state index contributed by atoms with van der Waals surface area (Å²) in [5.74, 6) is -2.09. The molecule has 0 spiro atoms. The van der Waals surface area contributed by atoms with Gasteiger partial charge >= 0.3 is 11.9 Å². The number of carbonyl (C=O) groups excluding carboxylic acids is 1. The summed E-state index contributed by atoms with van der Waals surface area (Å²) in [7, 11) is 0. The van der Waals surface area contributed by atoms with E-state index in [2.05, 4.69) is 35.2 Å². The molecule has 222 valence electrons. The van der Waals surface area contributed by atoms with Crippen LogP contribution in [0.2, 0.25) is 0 Å². The topological polar surface area (TPSA) is 128 Å². The van der Waals surface area contributed by atoms with Crippen LogP contribution in [0.3, 0.4) is 0 Å². The number of rotatable bonds is 8. The van der Waals surface area contributed by atoms with E-state index in [0.717, 1.165) is 54.9 Å². The van der Waals surface area contributed by atoms with Gasteiger partial charge in [0.2, 0.25) is 5.91 Å². The quantitative estimate of drug-likeness (QED) is 0.339. The van der Waals surface area contributed by atoms with Crippen molar-refractivity contribution in [2.24, 2.45) is 5.92 Å². The molecule has 0 aromatic heterocycles. The molecular formula is C33H38N2O7. The number of aliphatic hydroxyl groups excluding tert-OH is 1.